The van der Waals surface area contributed by atoms with Gasteiger partial charge in [0, 0.05) is 57.6 Å². The Morgan fingerprint density at radius 2 is 1.90 bits per heavy atom. The van der Waals surface area contributed by atoms with Crippen molar-refractivity contribution in [3.8, 4) is 5.75 Å². The monoisotopic (exact) mass is 410 g/mol. The lowest BCUT2D eigenvalue weighted by atomic mass is 10.0. The van der Waals surface area contributed by atoms with Crippen LogP contribution in [0.25, 0.3) is 0 Å². The number of aromatic nitrogens is 1. The Morgan fingerprint density at radius 3 is 2.67 bits per heavy atom. The summed E-state index contributed by atoms with van der Waals surface area (Å²) in [5, 5.41) is 0. The molecule has 3 heterocycles. The van der Waals surface area contributed by atoms with Gasteiger partial charge in [0.2, 0.25) is 0 Å². The molecule has 30 heavy (non-hydrogen) atoms. The molecule has 1 aromatic carbocycles. The van der Waals surface area contributed by atoms with Crippen LogP contribution in [0.1, 0.15) is 35.8 Å². The highest BCUT2D eigenvalue weighted by molar-refractivity contribution is 5.92. The van der Waals surface area contributed by atoms with Crippen LogP contribution in [0.5, 0.6) is 5.75 Å². The number of ether oxygens (including phenoxy) is 1. The molecule has 6 heteroatoms. The average Bonchev–Trinajstić information content (AvgIpc) is 3.30. The van der Waals surface area contributed by atoms with Crippen LogP contribution in [-0.2, 0) is 6.54 Å². The van der Waals surface area contributed by atoms with Gasteiger partial charge in [0.15, 0.2) is 0 Å². The van der Waals surface area contributed by atoms with E-state index in [1.165, 1.54) is 31.5 Å². The smallest absolute Gasteiger partial charge is 0.270 e. The van der Waals surface area contributed by atoms with Gasteiger partial charge in [-0.25, -0.2) is 0 Å². The molecule has 0 radical (unpaired) electrons. The van der Waals surface area contributed by atoms with Crippen molar-refractivity contribution in [2.75, 3.05) is 52.4 Å². The molecule has 0 bridgehead atoms. The van der Waals surface area contributed by atoms with Gasteiger partial charge in [-0.3, -0.25) is 14.6 Å². The molecule has 1 unspecified atom stereocenters. The number of hydrogen-bond acceptors (Lipinski definition) is 4. The van der Waals surface area contributed by atoms with Crippen LogP contribution in [-0.4, -0.2) is 78.0 Å². The number of benzene rings is 1. The highest BCUT2D eigenvalue weighted by Crippen LogP contribution is 2.21. The summed E-state index contributed by atoms with van der Waals surface area (Å²) in [6, 6.07) is 12.1. The second kappa shape index (κ2) is 10.1. The van der Waals surface area contributed by atoms with Gasteiger partial charge in [-0.2, -0.15) is 0 Å². The Labute approximate surface area is 179 Å². The summed E-state index contributed by atoms with van der Waals surface area (Å²) in [7, 11) is 0. The highest BCUT2D eigenvalue weighted by Gasteiger charge is 2.23. The zero-order chi connectivity index (χ0) is 20.8. The lowest BCUT2D eigenvalue weighted by molar-refractivity contribution is 0.0621. The van der Waals surface area contributed by atoms with E-state index in [4.69, 9.17) is 4.74 Å². The molecule has 6 nitrogen and oxygen atoms in total. The molecule has 1 amide bonds. The quantitative estimate of drug-likeness (QED) is 0.762. The summed E-state index contributed by atoms with van der Waals surface area (Å²) < 4.78 is 6.19. The Kier molecular flexibility index (Phi) is 7.07. The maximum Gasteiger partial charge on any atom is 0.270 e. The molecule has 162 valence electrons. The lowest BCUT2D eigenvalue weighted by Crippen LogP contribution is -2.48. The number of carbonyl (C=O) groups is 1. The third kappa shape index (κ3) is 5.43. The van der Waals surface area contributed by atoms with Gasteiger partial charge >= 0.3 is 0 Å². The summed E-state index contributed by atoms with van der Waals surface area (Å²) in [4.78, 5) is 22.4. The van der Waals surface area contributed by atoms with Crippen LogP contribution in [0.4, 0.5) is 0 Å². The van der Waals surface area contributed by atoms with Gasteiger partial charge in [0.25, 0.3) is 5.91 Å². The highest BCUT2D eigenvalue weighted by atomic mass is 16.5. The van der Waals surface area contributed by atoms with Crippen LogP contribution in [0.2, 0.25) is 0 Å². The first-order valence-corrected chi connectivity index (χ1v) is 11.3. The van der Waals surface area contributed by atoms with Crippen LogP contribution in [0.15, 0.2) is 42.6 Å². The lowest BCUT2D eigenvalue weighted by Gasteiger charge is -2.35. The van der Waals surface area contributed by atoms with E-state index in [1.54, 1.807) is 6.20 Å². The number of piperidine rings is 1. The van der Waals surface area contributed by atoms with Crippen molar-refractivity contribution in [2.45, 2.75) is 26.3 Å². The molecule has 2 fully saturated rings. The summed E-state index contributed by atoms with van der Waals surface area (Å²) in [5.41, 5.74) is 1.90. The van der Waals surface area contributed by atoms with Crippen LogP contribution in [0.3, 0.4) is 0 Å². The van der Waals surface area contributed by atoms with Gasteiger partial charge in [0.05, 0.1) is 0 Å². The number of hydrogen-bond donors (Lipinski definition) is 1. The van der Waals surface area contributed by atoms with Gasteiger partial charge in [-0.05, 0) is 43.5 Å². The van der Waals surface area contributed by atoms with E-state index in [0.717, 1.165) is 57.5 Å². The first-order chi connectivity index (χ1) is 14.7. The number of nitrogens with one attached hydrogen (secondary N) is 1. The van der Waals surface area contributed by atoms with Gasteiger partial charge < -0.3 is 14.6 Å². The standard InChI is InChI=1S/C24H34N4O2/c1-20-6-5-11-26(18-20)16-17-30-23-9-3-2-7-21(23)19-27-12-14-28(15-13-27)24(29)22-8-4-10-25-22/h2-4,7-10,20,25H,5-6,11-19H2,1H3. The molecule has 1 atom stereocenters. The summed E-state index contributed by atoms with van der Waals surface area (Å²) in [6.07, 6.45) is 4.45. The number of piperazine rings is 1. The van der Waals surface area contributed by atoms with E-state index in [9.17, 15) is 4.79 Å². The third-order valence-corrected chi connectivity index (χ3v) is 6.26. The van der Waals surface area contributed by atoms with E-state index in [1.807, 2.05) is 17.0 Å². The van der Waals surface area contributed by atoms with Crippen molar-refractivity contribution in [2.24, 2.45) is 5.92 Å². The minimum Gasteiger partial charge on any atom is -0.492 e. The summed E-state index contributed by atoms with van der Waals surface area (Å²) >= 11 is 0. The fourth-order valence-corrected chi connectivity index (χ4v) is 4.53. The van der Waals surface area contributed by atoms with E-state index < -0.39 is 0 Å². The van der Waals surface area contributed by atoms with Crippen LogP contribution < -0.4 is 4.74 Å². The molecule has 2 saturated heterocycles. The minimum absolute atomic E-state index is 0.0930. The second-order valence-corrected chi connectivity index (χ2v) is 8.66. The van der Waals surface area contributed by atoms with E-state index in [0.29, 0.717) is 5.69 Å². The Balaban J connectivity index is 1.25. The zero-order valence-electron chi connectivity index (χ0n) is 18.1. The van der Waals surface area contributed by atoms with Crippen molar-refractivity contribution >= 4 is 5.91 Å². The molecule has 0 spiro atoms. The average molecular weight is 411 g/mol. The predicted molar refractivity (Wildman–Crippen MR) is 119 cm³/mol. The number of amides is 1. The molecule has 4 rings (SSSR count). The first-order valence-electron chi connectivity index (χ1n) is 11.3. The number of H-pyrrole nitrogens is 1. The minimum atomic E-state index is 0.0930. The van der Waals surface area contributed by atoms with Gasteiger partial charge in [-0.15, -0.1) is 0 Å². The number of likely N-dealkylation sites (tertiary alicyclic amines) is 1. The summed E-state index contributed by atoms with van der Waals surface area (Å²) in [5.74, 6) is 1.89. The first kappa shape index (κ1) is 20.9. The third-order valence-electron chi connectivity index (χ3n) is 6.26. The number of rotatable bonds is 7. The van der Waals surface area contributed by atoms with Crippen LogP contribution in [0, 0.1) is 5.92 Å². The van der Waals surface area contributed by atoms with Gasteiger partial charge in [0.1, 0.15) is 18.1 Å². The predicted octanol–water partition coefficient (Wildman–Crippen LogP) is 3.08. The molecule has 2 aliphatic heterocycles. The fraction of sp³-hybridized carbons (Fsp3) is 0.542. The number of carbonyl (C=O) groups excluding carboxylic acids is 1. The van der Waals surface area contributed by atoms with Crippen molar-refractivity contribution in [1.29, 1.82) is 0 Å². The topological polar surface area (TPSA) is 51.8 Å². The molecule has 0 saturated carbocycles. The zero-order valence-corrected chi connectivity index (χ0v) is 18.1. The Hall–Kier alpha value is -2.31. The molecule has 1 N–H and O–H groups in total. The van der Waals surface area contributed by atoms with Crippen molar-refractivity contribution in [3.63, 3.8) is 0 Å². The molecule has 2 aliphatic rings. The molecular weight excluding hydrogens is 376 g/mol. The van der Waals surface area contributed by atoms with Crippen LogP contribution >= 0.6 is 0 Å². The maximum absolute atomic E-state index is 12.5. The number of aromatic amines is 1. The molecular formula is C24H34N4O2. The van der Waals surface area contributed by atoms with E-state index in [-0.39, 0.29) is 5.91 Å². The largest absolute Gasteiger partial charge is 0.492 e. The second-order valence-electron chi connectivity index (χ2n) is 8.66. The molecule has 2 aromatic rings. The molecule has 0 aliphatic carbocycles. The number of para-hydroxylation sites is 1. The normalized spacial score (nSPS) is 21.0. The van der Waals surface area contributed by atoms with Crippen molar-refractivity contribution < 1.29 is 9.53 Å². The van der Waals surface area contributed by atoms with E-state index in [2.05, 4.69) is 46.0 Å². The van der Waals surface area contributed by atoms with Crippen molar-refractivity contribution in [3.05, 3.63) is 53.9 Å². The molecule has 1 aromatic heterocycles. The number of nitrogens with zero attached hydrogens (tertiary/aromatic N) is 3. The van der Waals surface area contributed by atoms with Crippen molar-refractivity contribution in [1.82, 2.24) is 19.7 Å². The maximum atomic E-state index is 12.5. The fourth-order valence-electron chi connectivity index (χ4n) is 4.53. The SMILES string of the molecule is CC1CCCN(CCOc2ccccc2CN2CCN(C(=O)c3ccc[nH]3)CC2)C1. The van der Waals surface area contributed by atoms with Gasteiger partial charge in [-0.1, -0.05) is 25.1 Å². The Morgan fingerprint density at radius 1 is 1.07 bits per heavy atom. The van der Waals surface area contributed by atoms with E-state index >= 15 is 0 Å². The summed E-state index contributed by atoms with van der Waals surface area (Å²) in [6.45, 7) is 10.6. The Bertz CT molecular complexity index is 799.